The van der Waals surface area contributed by atoms with Crippen LogP contribution in [0.2, 0.25) is 0 Å². The second-order valence-electron chi connectivity index (χ2n) is 16.0. The normalized spacial score (nSPS) is 10.9. The zero-order chi connectivity index (χ0) is 39.8. The largest absolute Gasteiger partial charge is 4.00 e. The molecule has 0 fully saturated rings. The predicted octanol–water partition coefficient (Wildman–Crippen LogP) is 14.6. The van der Waals surface area contributed by atoms with E-state index in [0.717, 1.165) is 38.8 Å². The number of aryl methyl sites for hydroxylation is 2. The van der Waals surface area contributed by atoms with Crippen molar-refractivity contribution in [1.29, 1.82) is 0 Å². The molecule has 0 unspecified atom stereocenters. The van der Waals surface area contributed by atoms with Crippen molar-refractivity contribution in [3.8, 4) is 22.0 Å². The van der Waals surface area contributed by atoms with Crippen LogP contribution in [0.3, 0.4) is 0 Å². The predicted molar refractivity (Wildman–Crippen MR) is 241 cm³/mol. The number of fused-ring (bicyclic) bond motifs is 2. The van der Waals surface area contributed by atoms with Gasteiger partial charge in [-0.15, -0.1) is 53.4 Å². The number of thiazole rings is 1. The van der Waals surface area contributed by atoms with Gasteiger partial charge < -0.3 is 4.98 Å². The Hall–Kier alpha value is -4.77. The Morgan fingerprint density at radius 2 is 0.893 bits per heavy atom. The molecule has 0 aliphatic rings. The second-order valence-corrected chi connectivity index (χ2v) is 17.2. The van der Waals surface area contributed by atoms with E-state index in [9.17, 15) is 0 Å². The summed E-state index contributed by atoms with van der Waals surface area (Å²) in [5.41, 5.74) is 10.3. The number of nitrogens with zero attached hydrogens (tertiary/aromatic N) is 2. The molecule has 8 rings (SSSR count). The van der Waals surface area contributed by atoms with Crippen LogP contribution in [0.4, 0.5) is 0 Å². The standard InChI is InChI=1S/C31H33N2S.3C7H7.Hf/c1-18-19(2)34-29(32-18)27-14-13-26(33-27)28-24-16-22(30(3,4)5)11-9-20(24)15-21-10-12-23(17-25(21)28)31(6,7)8;3*1-7-5-3-2-4-6-7;/h9-17H,1-8H3;3*2-6H,1H2;/q4*-1;+4. The van der Waals surface area contributed by atoms with Crippen molar-refractivity contribution < 1.29 is 25.8 Å². The Bertz CT molecular complexity index is 2250. The van der Waals surface area contributed by atoms with Gasteiger partial charge in [-0.05, 0) is 69.0 Å². The van der Waals surface area contributed by atoms with Gasteiger partial charge in [-0.2, -0.15) is 73.9 Å². The first kappa shape index (κ1) is 44.0. The molecule has 4 heteroatoms. The average molecular weight is 918 g/mol. The van der Waals surface area contributed by atoms with Crippen molar-refractivity contribution in [2.75, 3.05) is 0 Å². The molecule has 0 aliphatic heterocycles. The summed E-state index contributed by atoms with van der Waals surface area (Å²) in [4.78, 5) is 11.1. The Kier molecular flexibility index (Phi) is 15.2. The van der Waals surface area contributed by atoms with Crippen LogP contribution in [0, 0.1) is 34.6 Å². The Labute approximate surface area is 359 Å². The van der Waals surface area contributed by atoms with Gasteiger partial charge in [0, 0.05) is 4.88 Å². The third-order valence-electron chi connectivity index (χ3n) is 9.36. The van der Waals surface area contributed by atoms with Gasteiger partial charge in [0.25, 0.3) is 0 Å². The Morgan fingerprint density at radius 1 is 0.500 bits per heavy atom. The molecule has 0 bridgehead atoms. The van der Waals surface area contributed by atoms with Gasteiger partial charge in [0.2, 0.25) is 0 Å². The summed E-state index contributed by atoms with van der Waals surface area (Å²) in [6.45, 7) is 29.0. The summed E-state index contributed by atoms with van der Waals surface area (Å²) in [6.07, 6.45) is 0. The molecular weight excluding hydrogens is 863 g/mol. The van der Waals surface area contributed by atoms with Crippen molar-refractivity contribution in [2.24, 2.45) is 0 Å². The molecule has 0 spiro atoms. The van der Waals surface area contributed by atoms with Crippen LogP contribution in [0.1, 0.15) is 79.9 Å². The molecule has 6 aromatic carbocycles. The fraction of sp³-hybridized carbons (Fsp3) is 0.192. The molecular formula is C52H54HfN2S. The molecule has 0 saturated carbocycles. The number of hydrogen-bond acceptors (Lipinski definition) is 2. The van der Waals surface area contributed by atoms with Gasteiger partial charge in [-0.1, -0.05) is 114 Å². The third-order valence-corrected chi connectivity index (χ3v) is 10.5. The molecule has 0 radical (unpaired) electrons. The minimum atomic E-state index is 0. The maximum Gasteiger partial charge on any atom is 4.00 e. The zero-order valence-corrected chi connectivity index (χ0v) is 38.7. The Balaban J connectivity index is 0.000000254. The second kappa shape index (κ2) is 19.4. The first-order valence-corrected chi connectivity index (χ1v) is 19.6. The van der Waals surface area contributed by atoms with Crippen molar-refractivity contribution >= 4 is 32.9 Å². The van der Waals surface area contributed by atoms with Crippen molar-refractivity contribution in [3.63, 3.8) is 0 Å². The monoisotopic (exact) mass is 918 g/mol. The van der Waals surface area contributed by atoms with Crippen molar-refractivity contribution in [3.05, 3.63) is 205 Å². The van der Waals surface area contributed by atoms with E-state index >= 15 is 0 Å². The number of rotatable bonds is 2. The molecule has 2 aromatic heterocycles. The van der Waals surface area contributed by atoms with Crippen LogP contribution in [-0.2, 0) is 36.7 Å². The van der Waals surface area contributed by atoms with E-state index in [0.29, 0.717) is 0 Å². The fourth-order valence-corrected chi connectivity index (χ4v) is 6.84. The van der Waals surface area contributed by atoms with E-state index in [1.54, 1.807) is 11.3 Å². The molecule has 2 nitrogen and oxygen atoms in total. The topological polar surface area (TPSA) is 27.0 Å². The first-order chi connectivity index (χ1) is 26.1. The maximum absolute atomic E-state index is 5.14. The Morgan fingerprint density at radius 3 is 1.21 bits per heavy atom. The number of aromatic nitrogens is 2. The minimum Gasteiger partial charge on any atom is -0.655 e. The van der Waals surface area contributed by atoms with E-state index < -0.39 is 0 Å². The van der Waals surface area contributed by atoms with E-state index in [1.165, 1.54) is 43.1 Å². The van der Waals surface area contributed by atoms with Crippen LogP contribution in [0.15, 0.2) is 146 Å². The summed E-state index contributed by atoms with van der Waals surface area (Å²) in [5.74, 6) is 0. The average Bonchev–Trinajstić information content (AvgIpc) is 3.77. The van der Waals surface area contributed by atoms with Gasteiger partial charge in [0.15, 0.2) is 0 Å². The van der Waals surface area contributed by atoms with Gasteiger partial charge in [0.05, 0.1) is 5.69 Å². The van der Waals surface area contributed by atoms with Gasteiger partial charge >= 0.3 is 25.8 Å². The summed E-state index contributed by atoms with van der Waals surface area (Å²) in [5, 5.41) is 6.04. The molecule has 0 N–H and O–H groups in total. The quantitative estimate of drug-likeness (QED) is 0.0981. The number of hydrogen-bond donors (Lipinski definition) is 0. The van der Waals surface area contributed by atoms with E-state index in [-0.39, 0.29) is 36.7 Å². The van der Waals surface area contributed by atoms with Crippen LogP contribution >= 0.6 is 11.3 Å². The molecule has 8 aromatic rings. The van der Waals surface area contributed by atoms with Crippen LogP contribution in [-0.4, -0.2) is 4.98 Å². The minimum absolute atomic E-state index is 0. The van der Waals surface area contributed by atoms with Gasteiger partial charge in [-0.25, -0.2) is 4.98 Å². The summed E-state index contributed by atoms with van der Waals surface area (Å²) in [7, 11) is 0. The molecule has 0 aliphatic carbocycles. The molecule has 56 heavy (non-hydrogen) atoms. The van der Waals surface area contributed by atoms with Crippen molar-refractivity contribution in [1.82, 2.24) is 9.97 Å². The number of benzene rings is 6. The summed E-state index contributed by atoms with van der Waals surface area (Å²) < 4.78 is 0. The smallest absolute Gasteiger partial charge is 0.655 e. The molecule has 2 heterocycles. The molecule has 0 atom stereocenters. The van der Waals surface area contributed by atoms with Gasteiger partial charge in [-0.3, -0.25) is 0 Å². The molecule has 282 valence electrons. The van der Waals surface area contributed by atoms with Crippen molar-refractivity contribution in [2.45, 2.75) is 66.2 Å². The summed E-state index contributed by atoms with van der Waals surface area (Å²) in [6, 6.07) is 50.1. The van der Waals surface area contributed by atoms with E-state index in [2.05, 4.69) is 131 Å². The van der Waals surface area contributed by atoms with Crippen LogP contribution in [0.25, 0.3) is 43.5 Å². The summed E-state index contributed by atoms with van der Waals surface area (Å²) >= 11 is 1.72. The first-order valence-electron chi connectivity index (χ1n) is 18.8. The van der Waals surface area contributed by atoms with E-state index in [4.69, 9.17) is 9.97 Å². The maximum atomic E-state index is 5.14. The zero-order valence-electron chi connectivity index (χ0n) is 34.3. The van der Waals surface area contributed by atoms with E-state index in [1.807, 2.05) is 91.0 Å². The fourth-order valence-electron chi connectivity index (χ4n) is 5.96. The van der Waals surface area contributed by atoms with Crippen LogP contribution < -0.4 is 4.98 Å². The van der Waals surface area contributed by atoms with Crippen LogP contribution in [0.5, 0.6) is 0 Å². The molecule has 0 saturated heterocycles. The SMILES string of the molecule is Cc1nc(-c2ccc(-c3c4cc(C(C)(C)C)ccc4cc4ccc(C(C)(C)C)cc34)[n-]2)sc1C.[CH2-]c1ccccc1.[CH2-]c1ccccc1.[CH2-]c1ccccc1.[Hf+4]. The molecule has 0 amide bonds. The van der Waals surface area contributed by atoms with Gasteiger partial charge in [0.1, 0.15) is 5.01 Å². The third kappa shape index (κ3) is 11.9.